The number of piperazine rings is 1. The zero-order chi connectivity index (χ0) is 22.3. The van der Waals surface area contributed by atoms with Crippen LogP contribution in [0.4, 0.5) is 5.69 Å². The maximum atomic E-state index is 12.3. The number of hydrogen-bond acceptors (Lipinski definition) is 4. The van der Waals surface area contributed by atoms with Crippen molar-refractivity contribution >= 4 is 11.6 Å². The molecule has 32 heavy (non-hydrogen) atoms. The van der Waals surface area contributed by atoms with Crippen LogP contribution in [-0.2, 0) is 11.3 Å². The van der Waals surface area contributed by atoms with Crippen molar-refractivity contribution in [1.82, 2.24) is 9.80 Å². The van der Waals surface area contributed by atoms with Crippen molar-refractivity contribution in [2.75, 3.05) is 38.0 Å². The second-order valence-corrected chi connectivity index (χ2v) is 8.32. The van der Waals surface area contributed by atoms with Gasteiger partial charge in [-0.15, -0.1) is 0 Å². The van der Waals surface area contributed by atoms with Gasteiger partial charge < -0.3 is 5.32 Å². The number of nitrogens with one attached hydrogen (secondary N) is 1. The van der Waals surface area contributed by atoms with Gasteiger partial charge in [0, 0.05) is 38.4 Å². The molecule has 0 bridgehead atoms. The van der Waals surface area contributed by atoms with Gasteiger partial charge in [0.05, 0.1) is 18.2 Å². The summed E-state index contributed by atoms with van der Waals surface area (Å²) in [5, 5.41) is 12.3. The van der Waals surface area contributed by atoms with Crippen LogP contribution in [0, 0.1) is 18.3 Å². The Balaban J connectivity index is 1.25. The van der Waals surface area contributed by atoms with Gasteiger partial charge in [-0.05, 0) is 41.8 Å². The molecule has 0 unspecified atom stereocenters. The Morgan fingerprint density at radius 3 is 2.25 bits per heavy atom. The van der Waals surface area contributed by atoms with Gasteiger partial charge in [-0.3, -0.25) is 14.6 Å². The summed E-state index contributed by atoms with van der Waals surface area (Å²) in [6.07, 6.45) is 0. The zero-order valence-electron chi connectivity index (χ0n) is 18.4. The van der Waals surface area contributed by atoms with E-state index < -0.39 is 0 Å². The van der Waals surface area contributed by atoms with Gasteiger partial charge in [0.15, 0.2) is 0 Å². The van der Waals surface area contributed by atoms with E-state index >= 15 is 0 Å². The van der Waals surface area contributed by atoms with E-state index in [9.17, 15) is 10.1 Å². The predicted molar refractivity (Wildman–Crippen MR) is 128 cm³/mol. The van der Waals surface area contributed by atoms with Crippen LogP contribution in [0.5, 0.6) is 0 Å². The third kappa shape index (κ3) is 5.61. The predicted octanol–water partition coefficient (Wildman–Crippen LogP) is 4.29. The van der Waals surface area contributed by atoms with E-state index in [1.54, 1.807) is 0 Å². The highest BCUT2D eigenvalue weighted by Crippen LogP contribution is 2.24. The molecule has 0 saturated carbocycles. The van der Waals surface area contributed by atoms with Crippen LogP contribution in [0.3, 0.4) is 0 Å². The molecule has 1 saturated heterocycles. The number of nitrogens with zero attached hydrogens (tertiary/aromatic N) is 3. The summed E-state index contributed by atoms with van der Waals surface area (Å²) in [7, 11) is 0. The molecule has 0 aliphatic carbocycles. The minimum absolute atomic E-state index is 0.0375. The molecule has 5 heteroatoms. The van der Waals surface area contributed by atoms with Crippen LogP contribution in [0.15, 0.2) is 72.8 Å². The van der Waals surface area contributed by atoms with Crippen molar-refractivity contribution in [2.24, 2.45) is 0 Å². The maximum Gasteiger partial charge on any atom is 0.238 e. The van der Waals surface area contributed by atoms with E-state index in [1.165, 1.54) is 11.1 Å². The van der Waals surface area contributed by atoms with Crippen LogP contribution in [0.2, 0.25) is 0 Å². The SMILES string of the molecule is Cc1ccc(NC(=O)CN2CCN(Cc3ccc(-c4ccccc4C#N)cc3)CC2)cc1. The van der Waals surface area contributed by atoms with E-state index in [4.69, 9.17) is 0 Å². The van der Waals surface area contributed by atoms with E-state index in [0.29, 0.717) is 12.1 Å². The summed E-state index contributed by atoms with van der Waals surface area (Å²) >= 11 is 0. The Kier molecular flexibility index (Phi) is 6.96. The fraction of sp³-hybridized carbons (Fsp3) is 0.259. The smallest absolute Gasteiger partial charge is 0.238 e. The Hall–Kier alpha value is -3.46. The number of benzene rings is 3. The van der Waals surface area contributed by atoms with E-state index in [-0.39, 0.29) is 5.91 Å². The summed E-state index contributed by atoms with van der Waals surface area (Å²) < 4.78 is 0. The van der Waals surface area contributed by atoms with Crippen molar-refractivity contribution in [3.63, 3.8) is 0 Å². The fourth-order valence-corrected chi connectivity index (χ4v) is 4.03. The summed E-state index contributed by atoms with van der Waals surface area (Å²) in [5.74, 6) is 0.0375. The monoisotopic (exact) mass is 424 g/mol. The molecule has 1 heterocycles. The first kappa shape index (κ1) is 21.8. The van der Waals surface area contributed by atoms with Gasteiger partial charge in [-0.1, -0.05) is 60.2 Å². The highest BCUT2D eigenvalue weighted by molar-refractivity contribution is 5.92. The molecule has 5 nitrogen and oxygen atoms in total. The van der Waals surface area contributed by atoms with Gasteiger partial charge in [0.2, 0.25) is 5.91 Å². The first-order chi connectivity index (χ1) is 15.6. The lowest BCUT2D eigenvalue weighted by atomic mass is 9.99. The van der Waals surface area contributed by atoms with Gasteiger partial charge in [0.1, 0.15) is 0 Å². The molecule has 3 aromatic rings. The molecule has 0 spiro atoms. The lowest BCUT2D eigenvalue weighted by Crippen LogP contribution is -2.48. The maximum absolute atomic E-state index is 12.3. The van der Waals surface area contributed by atoms with Crippen LogP contribution < -0.4 is 5.32 Å². The largest absolute Gasteiger partial charge is 0.325 e. The van der Waals surface area contributed by atoms with Crippen molar-refractivity contribution in [3.8, 4) is 17.2 Å². The minimum Gasteiger partial charge on any atom is -0.325 e. The van der Waals surface area contributed by atoms with Gasteiger partial charge in [-0.2, -0.15) is 5.26 Å². The first-order valence-electron chi connectivity index (χ1n) is 11.0. The number of hydrogen-bond donors (Lipinski definition) is 1. The van der Waals surface area contributed by atoms with E-state index in [0.717, 1.165) is 49.5 Å². The summed E-state index contributed by atoms with van der Waals surface area (Å²) in [4.78, 5) is 17.0. The molecular formula is C27H28N4O. The van der Waals surface area contributed by atoms with Crippen LogP contribution in [0.1, 0.15) is 16.7 Å². The molecule has 1 aliphatic heterocycles. The fourth-order valence-electron chi connectivity index (χ4n) is 4.03. The molecule has 4 rings (SSSR count). The van der Waals surface area contributed by atoms with Crippen LogP contribution >= 0.6 is 0 Å². The first-order valence-corrected chi connectivity index (χ1v) is 11.0. The highest BCUT2D eigenvalue weighted by atomic mass is 16.2. The van der Waals surface area contributed by atoms with Crippen molar-refractivity contribution in [1.29, 1.82) is 5.26 Å². The number of anilines is 1. The molecule has 1 N–H and O–H groups in total. The number of rotatable bonds is 6. The minimum atomic E-state index is 0.0375. The average Bonchev–Trinajstić information content (AvgIpc) is 2.82. The van der Waals surface area contributed by atoms with Crippen LogP contribution in [0.25, 0.3) is 11.1 Å². The second kappa shape index (κ2) is 10.2. The molecule has 3 aromatic carbocycles. The number of amides is 1. The zero-order valence-corrected chi connectivity index (χ0v) is 18.4. The Bertz CT molecular complexity index is 1090. The second-order valence-electron chi connectivity index (χ2n) is 8.32. The number of nitriles is 1. The number of aryl methyl sites for hydroxylation is 1. The summed E-state index contributed by atoms with van der Waals surface area (Å²) in [6.45, 7) is 7.00. The Morgan fingerprint density at radius 1 is 0.906 bits per heavy atom. The highest BCUT2D eigenvalue weighted by Gasteiger charge is 2.19. The summed E-state index contributed by atoms with van der Waals surface area (Å²) in [6, 6.07) is 26.3. The quantitative estimate of drug-likeness (QED) is 0.641. The molecular weight excluding hydrogens is 396 g/mol. The topological polar surface area (TPSA) is 59.4 Å². The van der Waals surface area contributed by atoms with E-state index in [1.807, 2.05) is 55.5 Å². The standard InChI is InChI=1S/C27H28N4O/c1-21-6-12-25(13-7-21)29-27(32)20-31-16-14-30(15-17-31)19-22-8-10-23(11-9-22)26-5-3-2-4-24(26)18-28/h2-13H,14-17,19-20H2,1H3,(H,29,32). The molecule has 0 aromatic heterocycles. The molecule has 0 atom stereocenters. The van der Waals surface area contributed by atoms with E-state index in [2.05, 4.69) is 45.5 Å². The van der Waals surface area contributed by atoms with Crippen molar-refractivity contribution < 1.29 is 4.79 Å². The third-order valence-electron chi connectivity index (χ3n) is 5.89. The lowest BCUT2D eigenvalue weighted by Gasteiger charge is -2.34. The average molecular weight is 425 g/mol. The van der Waals surface area contributed by atoms with Gasteiger partial charge in [-0.25, -0.2) is 0 Å². The van der Waals surface area contributed by atoms with Crippen LogP contribution in [-0.4, -0.2) is 48.4 Å². The number of carbonyl (C=O) groups is 1. The Labute approximate surface area is 189 Å². The molecule has 1 aliphatic rings. The molecule has 1 amide bonds. The molecule has 1 fully saturated rings. The lowest BCUT2D eigenvalue weighted by molar-refractivity contribution is -0.117. The number of carbonyl (C=O) groups excluding carboxylic acids is 1. The Morgan fingerprint density at radius 2 is 1.56 bits per heavy atom. The third-order valence-corrected chi connectivity index (χ3v) is 5.89. The van der Waals surface area contributed by atoms with Crippen molar-refractivity contribution in [3.05, 3.63) is 89.5 Å². The molecule has 0 radical (unpaired) electrons. The normalized spacial score (nSPS) is 14.6. The summed E-state index contributed by atoms with van der Waals surface area (Å²) in [5.41, 5.74) is 6.02. The molecule has 162 valence electrons. The van der Waals surface area contributed by atoms with Crippen molar-refractivity contribution in [2.45, 2.75) is 13.5 Å². The van der Waals surface area contributed by atoms with Gasteiger partial charge >= 0.3 is 0 Å². The van der Waals surface area contributed by atoms with Gasteiger partial charge in [0.25, 0.3) is 0 Å².